The molecule has 2 aliphatic carbocycles. The van der Waals surface area contributed by atoms with Crippen LogP contribution in [0.3, 0.4) is 0 Å². The Morgan fingerprint density at radius 1 is 1.00 bits per heavy atom. The summed E-state index contributed by atoms with van der Waals surface area (Å²) < 4.78 is 0. The Bertz CT molecular complexity index is 326. The zero-order chi connectivity index (χ0) is 13.9. The van der Waals surface area contributed by atoms with Crippen molar-refractivity contribution in [3.63, 3.8) is 0 Å². The molecule has 18 heavy (non-hydrogen) atoms. The maximum absolute atomic E-state index is 6.45. The minimum absolute atomic E-state index is 0.168. The van der Waals surface area contributed by atoms with Crippen molar-refractivity contribution in [2.45, 2.75) is 32.2 Å². The Morgan fingerprint density at radius 3 is 1.89 bits per heavy atom. The molecule has 0 nitrogen and oxygen atoms in total. The van der Waals surface area contributed by atoms with Crippen LogP contribution in [-0.4, -0.2) is 31.7 Å². The molecule has 2 bridgehead atoms. The first-order chi connectivity index (χ1) is 8.27. The van der Waals surface area contributed by atoms with Crippen molar-refractivity contribution in [1.29, 1.82) is 0 Å². The molecule has 0 aromatic carbocycles. The van der Waals surface area contributed by atoms with Gasteiger partial charge in [-0.3, -0.25) is 0 Å². The monoisotopic (exact) mass is 410 g/mol. The van der Waals surface area contributed by atoms with Crippen molar-refractivity contribution < 1.29 is 0 Å². The van der Waals surface area contributed by atoms with Gasteiger partial charge >= 0.3 is 0 Å². The van der Waals surface area contributed by atoms with E-state index in [-0.39, 0.29) is 17.2 Å². The fourth-order valence-corrected chi connectivity index (χ4v) is 8.11. The highest BCUT2D eigenvalue weighted by molar-refractivity contribution is 6.48. The van der Waals surface area contributed by atoms with Crippen molar-refractivity contribution in [2.75, 3.05) is 5.88 Å². The summed E-state index contributed by atoms with van der Waals surface area (Å²) in [5.74, 6) is -0.0400. The summed E-state index contributed by atoms with van der Waals surface area (Å²) in [6.07, 6.45) is 0.511. The van der Waals surface area contributed by atoms with E-state index in [2.05, 4.69) is 0 Å². The van der Waals surface area contributed by atoms with Crippen molar-refractivity contribution in [1.82, 2.24) is 0 Å². The fraction of sp³-hybridized carbons (Fsp3) is 1.00. The summed E-state index contributed by atoms with van der Waals surface area (Å²) in [5.41, 5.74) is -1.53. The zero-order valence-electron chi connectivity index (χ0n) is 8.90. The number of alkyl halides is 8. The van der Waals surface area contributed by atoms with Gasteiger partial charge < -0.3 is 0 Å². The molecule has 2 fully saturated rings. The third-order valence-electron chi connectivity index (χ3n) is 4.50. The molecular formula is C10H10Cl8. The van der Waals surface area contributed by atoms with Crippen LogP contribution in [0.5, 0.6) is 0 Å². The summed E-state index contributed by atoms with van der Waals surface area (Å²) in [6, 6.07) is 0. The summed E-state index contributed by atoms with van der Waals surface area (Å²) in [6.45, 7) is 0. The molecule has 0 spiro atoms. The molecule has 0 amide bonds. The molecule has 0 heterocycles. The largest absolute Gasteiger partial charge is 0.126 e. The molecule has 6 atom stereocenters. The lowest BCUT2D eigenvalue weighted by Gasteiger charge is -2.45. The molecule has 2 saturated carbocycles. The van der Waals surface area contributed by atoms with Crippen molar-refractivity contribution in [3.8, 4) is 0 Å². The van der Waals surface area contributed by atoms with Gasteiger partial charge in [-0.1, -0.05) is 0 Å². The first-order valence-corrected chi connectivity index (χ1v) is 8.90. The highest BCUT2D eigenvalue weighted by atomic mass is 35.5. The van der Waals surface area contributed by atoms with Crippen LogP contribution in [-0.2, 0) is 0 Å². The van der Waals surface area contributed by atoms with Gasteiger partial charge in [0.25, 0.3) is 0 Å². The first kappa shape index (κ1) is 16.7. The maximum atomic E-state index is 6.45. The average Bonchev–Trinajstić information content (AvgIpc) is 2.66. The highest BCUT2D eigenvalue weighted by Crippen LogP contribution is 2.75. The lowest BCUT2D eigenvalue weighted by atomic mass is 9.70. The molecule has 0 aromatic heterocycles. The van der Waals surface area contributed by atoms with Crippen LogP contribution < -0.4 is 0 Å². The minimum atomic E-state index is -0.784. The standard InChI is InChI=1S/C10H10Cl8/c11-2-10(8(17)18)4-3(12)1-9(10,7(15)16)6(14)5(4)13/h3-8H,1-2H2. The van der Waals surface area contributed by atoms with E-state index in [0.717, 1.165) is 0 Å². The van der Waals surface area contributed by atoms with Crippen LogP contribution in [0.4, 0.5) is 0 Å². The summed E-state index contributed by atoms with van der Waals surface area (Å²) in [5, 5.41) is -1.10. The van der Waals surface area contributed by atoms with Gasteiger partial charge in [0.15, 0.2) is 0 Å². The van der Waals surface area contributed by atoms with E-state index in [1.165, 1.54) is 0 Å². The fourth-order valence-electron chi connectivity index (χ4n) is 3.62. The van der Waals surface area contributed by atoms with Crippen molar-refractivity contribution >= 4 is 92.8 Å². The van der Waals surface area contributed by atoms with Crippen LogP contribution in [0.2, 0.25) is 0 Å². The lowest BCUT2D eigenvalue weighted by Crippen LogP contribution is -2.50. The van der Waals surface area contributed by atoms with Crippen LogP contribution in [0.15, 0.2) is 0 Å². The van der Waals surface area contributed by atoms with E-state index in [1.54, 1.807) is 0 Å². The predicted molar refractivity (Wildman–Crippen MR) is 83.6 cm³/mol. The molecular weight excluding hydrogens is 404 g/mol. The van der Waals surface area contributed by atoms with E-state index >= 15 is 0 Å². The van der Waals surface area contributed by atoms with Gasteiger partial charge in [-0.15, -0.1) is 92.8 Å². The Balaban J connectivity index is 2.64. The molecule has 2 aliphatic rings. The van der Waals surface area contributed by atoms with Crippen LogP contribution in [0, 0.1) is 16.7 Å². The molecule has 106 valence electrons. The van der Waals surface area contributed by atoms with Crippen molar-refractivity contribution in [2.24, 2.45) is 16.7 Å². The van der Waals surface area contributed by atoms with Gasteiger partial charge in [-0.05, 0) is 6.42 Å². The zero-order valence-corrected chi connectivity index (χ0v) is 14.9. The Hall–Kier alpha value is 2.32. The van der Waals surface area contributed by atoms with E-state index in [1.807, 2.05) is 0 Å². The van der Waals surface area contributed by atoms with E-state index < -0.39 is 31.3 Å². The Morgan fingerprint density at radius 2 is 1.56 bits per heavy atom. The molecule has 0 aromatic rings. The number of fused-ring (bicyclic) bond motifs is 2. The van der Waals surface area contributed by atoms with Gasteiger partial charge in [0.1, 0.15) is 9.67 Å². The average molecular weight is 414 g/mol. The predicted octanol–water partition coefficient (Wildman–Crippen LogP) is 5.66. The quantitative estimate of drug-likeness (QED) is 0.524. The molecule has 8 heteroatoms. The summed E-state index contributed by atoms with van der Waals surface area (Å²) in [4.78, 5) is -1.57. The normalized spacial score (nSPS) is 51.7. The second-order valence-electron chi connectivity index (χ2n) is 4.91. The topological polar surface area (TPSA) is 0 Å². The van der Waals surface area contributed by atoms with E-state index in [9.17, 15) is 0 Å². The Labute approximate surface area is 146 Å². The van der Waals surface area contributed by atoms with E-state index in [4.69, 9.17) is 92.8 Å². The molecule has 0 saturated heterocycles. The van der Waals surface area contributed by atoms with Crippen LogP contribution in [0.1, 0.15) is 6.42 Å². The number of hydrogen-bond acceptors (Lipinski definition) is 0. The van der Waals surface area contributed by atoms with Gasteiger partial charge in [-0.25, -0.2) is 0 Å². The second-order valence-corrected chi connectivity index (χ2v) is 8.90. The minimum Gasteiger partial charge on any atom is -0.126 e. The van der Waals surface area contributed by atoms with Crippen LogP contribution in [0.25, 0.3) is 0 Å². The molecule has 0 N–H and O–H groups in total. The summed E-state index contributed by atoms with van der Waals surface area (Å²) >= 11 is 50.1. The lowest BCUT2D eigenvalue weighted by molar-refractivity contribution is 0.144. The molecule has 0 aliphatic heterocycles. The third kappa shape index (κ3) is 1.80. The van der Waals surface area contributed by atoms with Gasteiger partial charge in [0.05, 0.1) is 10.8 Å². The SMILES string of the molecule is ClCC1(C(Cl)Cl)C2C(Cl)CC1(C(Cl)Cl)C(Cl)C2Cl. The number of hydrogen-bond donors (Lipinski definition) is 0. The second kappa shape index (κ2) is 5.51. The smallest absolute Gasteiger partial charge is 0.115 e. The van der Waals surface area contributed by atoms with Crippen LogP contribution >= 0.6 is 92.8 Å². The van der Waals surface area contributed by atoms with Crippen molar-refractivity contribution in [3.05, 3.63) is 0 Å². The third-order valence-corrected chi connectivity index (χ3v) is 8.24. The molecule has 6 unspecified atom stereocenters. The van der Waals surface area contributed by atoms with Gasteiger partial charge in [0.2, 0.25) is 0 Å². The number of rotatable bonds is 3. The van der Waals surface area contributed by atoms with E-state index in [0.29, 0.717) is 6.42 Å². The summed E-state index contributed by atoms with van der Waals surface area (Å²) in [7, 11) is 0. The molecule has 2 rings (SSSR count). The number of halogens is 8. The highest BCUT2D eigenvalue weighted by Gasteiger charge is 2.78. The van der Waals surface area contributed by atoms with Gasteiger partial charge in [0, 0.05) is 28.0 Å². The Kier molecular flexibility index (Phi) is 5.10. The first-order valence-electron chi connectivity index (χ1n) is 5.31. The molecule has 0 radical (unpaired) electrons. The van der Waals surface area contributed by atoms with Gasteiger partial charge in [-0.2, -0.15) is 0 Å². The maximum Gasteiger partial charge on any atom is 0.115 e.